The number of benzene rings is 2. The monoisotopic (exact) mass is 363 g/mol. The van der Waals surface area contributed by atoms with Crippen molar-refractivity contribution < 1.29 is 23.0 Å². The quantitative estimate of drug-likeness (QED) is 0.734. The van der Waals surface area contributed by atoms with E-state index in [1.54, 1.807) is 18.2 Å². The number of carbonyl (C=O) groups excluding carboxylic acids is 1. The minimum atomic E-state index is -0.829. The average molecular weight is 363 g/mol. The molecule has 2 rings (SSSR count). The maximum Gasteiger partial charge on any atom is 0.255 e. The maximum atomic E-state index is 13.7. The van der Waals surface area contributed by atoms with Crippen LogP contribution in [0.5, 0.6) is 5.75 Å². The summed E-state index contributed by atoms with van der Waals surface area (Å²) in [6, 6.07) is 7.92. The Balaban J connectivity index is 2.17. The lowest BCUT2D eigenvalue weighted by Gasteiger charge is -2.14. The molecule has 0 unspecified atom stereocenters. The van der Waals surface area contributed by atoms with E-state index in [-0.39, 0.29) is 5.69 Å². The summed E-state index contributed by atoms with van der Waals surface area (Å²) in [5.74, 6) is -1.00. The van der Waals surface area contributed by atoms with E-state index in [1.807, 2.05) is 20.8 Å². The van der Waals surface area contributed by atoms with Gasteiger partial charge in [0.05, 0.1) is 18.9 Å². The van der Waals surface area contributed by atoms with Crippen molar-refractivity contribution in [2.75, 3.05) is 18.5 Å². The lowest BCUT2D eigenvalue weighted by molar-refractivity contribution is 0.0948. The Morgan fingerprint density at radius 2 is 1.92 bits per heavy atom. The van der Waals surface area contributed by atoms with Crippen LogP contribution < -0.4 is 10.1 Å². The topological polar surface area (TPSA) is 47.6 Å². The molecule has 0 saturated carbocycles. The molecule has 140 valence electrons. The predicted octanol–water partition coefficient (Wildman–Crippen LogP) is 4.79. The Morgan fingerprint density at radius 3 is 2.58 bits per heavy atom. The lowest BCUT2D eigenvalue weighted by atomic mass is 10.1. The van der Waals surface area contributed by atoms with Gasteiger partial charge in [0.1, 0.15) is 17.4 Å². The van der Waals surface area contributed by atoms with Crippen molar-refractivity contribution in [2.24, 2.45) is 5.92 Å². The van der Waals surface area contributed by atoms with Gasteiger partial charge in [-0.3, -0.25) is 4.79 Å². The van der Waals surface area contributed by atoms with E-state index in [0.29, 0.717) is 37.1 Å². The highest BCUT2D eigenvalue weighted by Gasteiger charge is 2.13. The summed E-state index contributed by atoms with van der Waals surface area (Å²) in [5.41, 5.74) is 0.989. The minimum absolute atomic E-state index is 0.0807. The van der Waals surface area contributed by atoms with Crippen LogP contribution in [0.4, 0.5) is 14.5 Å². The van der Waals surface area contributed by atoms with E-state index in [4.69, 9.17) is 9.47 Å². The molecule has 0 aliphatic carbocycles. The van der Waals surface area contributed by atoms with Crippen LogP contribution in [0.15, 0.2) is 36.4 Å². The van der Waals surface area contributed by atoms with Crippen molar-refractivity contribution in [3.8, 4) is 5.75 Å². The molecule has 0 atom stereocenters. The van der Waals surface area contributed by atoms with Gasteiger partial charge in [-0.05, 0) is 43.2 Å². The third kappa shape index (κ3) is 5.52. The average Bonchev–Trinajstić information content (AvgIpc) is 2.58. The number of rotatable bonds is 8. The summed E-state index contributed by atoms with van der Waals surface area (Å²) in [6.07, 6.45) is 0. The molecule has 2 aromatic rings. The molecule has 1 N–H and O–H groups in total. The SMILES string of the molecule is CCOc1ccc(C(=O)Nc2ccc(F)cc2F)cc1COCC(C)C. The van der Waals surface area contributed by atoms with Gasteiger partial charge in [0, 0.05) is 23.8 Å². The smallest absolute Gasteiger partial charge is 0.255 e. The van der Waals surface area contributed by atoms with Gasteiger partial charge in [-0.2, -0.15) is 0 Å². The zero-order valence-corrected chi connectivity index (χ0v) is 15.1. The molecule has 0 radical (unpaired) electrons. The van der Waals surface area contributed by atoms with Crippen molar-refractivity contribution in [2.45, 2.75) is 27.4 Å². The van der Waals surface area contributed by atoms with Gasteiger partial charge in [0.2, 0.25) is 0 Å². The zero-order valence-electron chi connectivity index (χ0n) is 15.1. The Bertz CT molecular complexity index is 763. The van der Waals surface area contributed by atoms with Crippen molar-refractivity contribution in [1.29, 1.82) is 0 Å². The predicted molar refractivity (Wildman–Crippen MR) is 96.4 cm³/mol. The maximum absolute atomic E-state index is 13.7. The second-order valence-electron chi connectivity index (χ2n) is 6.24. The summed E-state index contributed by atoms with van der Waals surface area (Å²) in [5, 5.41) is 2.44. The molecule has 0 fully saturated rings. The van der Waals surface area contributed by atoms with Crippen LogP contribution in [0.1, 0.15) is 36.7 Å². The van der Waals surface area contributed by atoms with Crippen LogP contribution >= 0.6 is 0 Å². The van der Waals surface area contributed by atoms with Gasteiger partial charge in [-0.25, -0.2) is 8.78 Å². The Kier molecular flexibility index (Phi) is 7.09. The number of hydrogen-bond donors (Lipinski definition) is 1. The third-order valence-corrected chi connectivity index (χ3v) is 3.51. The van der Waals surface area contributed by atoms with Crippen molar-refractivity contribution in [3.63, 3.8) is 0 Å². The second-order valence-corrected chi connectivity index (χ2v) is 6.24. The standard InChI is InChI=1S/C20H23F2NO3/c1-4-26-19-8-5-14(9-15(19)12-25-11-13(2)3)20(24)23-18-7-6-16(21)10-17(18)22/h5-10,13H,4,11-12H2,1-3H3,(H,23,24). The van der Waals surface area contributed by atoms with Crippen LogP contribution in [0.2, 0.25) is 0 Å². The molecule has 0 aromatic heterocycles. The summed E-state index contributed by atoms with van der Waals surface area (Å²) in [6.45, 7) is 7.34. The molecule has 0 spiro atoms. The first kappa shape index (κ1) is 19.8. The number of ether oxygens (including phenoxy) is 2. The number of nitrogens with one attached hydrogen (secondary N) is 1. The van der Waals surface area contributed by atoms with Crippen LogP contribution in [0.3, 0.4) is 0 Å². The van der Waals surface area contributed by atoms with Crippen molar-refractivity contribution >= 4 is 11.6 Å². The number of carbonyl (C=O) groups is 1. The Hall–Kier alpha value is -2.47. The van der Waals surface area contributed by atoms with E-state index in [1.165, 1.54) is 6.07 Å². The number of amides is 1. The summed E-state index contributed by atoms with van der Waals surface area (Å²) in [7, 11) is 0. The highest BCUT2D eigenvalue weighted by molar-refractivity contribution is 6.04. The molecular formula is C20H23F2NO3. The van der Waals surface area contributed by atoms with Gasteiger partial charge in [-0.15, -0.1) is 0 Å². The summed E-state index contributed by atoms with van der Waals surface area (Å²) in [4.78, 5) is 12.4. The van der Waals surface area contributed by atoms with Gasteiger partial charge < -0.3 is 14.8 Å². The molecular weight excluding hydrogens is 340 g/mol. The largest absolute Gasteiger partial charge is 0.494 e. The Labute approximate surface area is 152 Å². The third-order valence-electron chi connectivity index (χ3n) is 3.51. The molecule has 4 nitrogen and oxygen atoms in total. The highest BCUT2D eigenvalue weighted by atomic mass is 19.1. The summed E-state index contributed by atoms with van der Waals surface area (Å²) < 4.78 is 37.9. The molecule has 26 heavy (non-hydrogen) atoms. The van der Waals surface area contributed by atoms with Crippen LogP contribution in [0, 0.1) is 17.6 Å². The number of anilines is 1. The first-order chi connectivity index (χ1) is 12.4. The fraction of sp³-hybridized carbons (Fsp3) is 0.350. The van der Waals surface area contributed by atoms with Crippen molar-refractivity contribution in [3.05, 3.63) is 59.2 Å². The normalized spacial score (nSPS) is 10.8. The molecule has 6 heteroatoms. The van der Waals surface area contributed by atoms with Gasteiger partial charge in [0.25, 0.3) is 5.91 Å². The van der Waals surface area contributed by atoms with Gasteiger partial charge in [-0.1, -0.05) is 13.8 Å². The Morgan fingerprint density at radius 1 is 1.15 bits per heavy atom. The molecule has 0 bridgehead atoms. The summed E-state index contributed by atoms with van der Waals surface area (Å²) >= 11 is 0. The zero-order chi connectivity index (χ0) is 19.1. The van der Waals surface area contributed by atoms with E-state index in [2.05, 4.69) is 5.32 Å². The molecule has 0 aliphatic rings. The van der Waals surface area contributed by atoms with Gasteiger partial charge in [0.15, 0.2) is 0 Å². The lowest BCUT2D eigenvalue weighted by Crippen LogP contribution is -2.14. The fourth-order valence-corrected chi connectivity index (χ4v) is 2.32. The van der Waals surface area contributed by atoms with Crippen molar-refractivity contribution in [1.82, 2.24) is 0 Å². The molecule has 1 amide bonds. The number of halogens is 2. The fourth-order valence-electron chi connectivity index (χ4n) is 2.32. The molecule has 2 aromatic carbocycles. The minimum Gasteiger partial charge on any atom is -0.494 e. The first-order valence-corrected chi connectivity index (χ1v) is 8.50. The number of hydrogen-bond acceptors (Lipinski definition) is 3. The van der Waals surface area contributed by atoms with E-state index >= 15 is 0 Å². The second kappa shape index (κ2) is 9.29. The molecule has 0 aliphatic heterocycles. The van der Waals surface area contributed by atoms with Crippen LogP contribution in [0.25, 0.3) is 0 Å². The van der Waals surface area contributed by atoms with Crippen LogP contribution in [-0.2, 0) is 11.3 Å². The van der Waals surface area contributed by atoms with E-state index in [9.17, 15) is 13.6 Å². The molecule has 0 saturated heterocycles. The van der Waals surface area contributed by atoms with Crippen LogP contribution in [-0.4, -0.2) is 19.1 Å². The first-order valence-electron chi connectivity index (χ1n) is 8.50. The van der Waals surface area contributed by atoms with E-state index in [0.717, 1.165) is 17.7 Å². The highest BCUT2D eigenvalue weighted by Crippen LogP contribution is 2.23. The molecule has 0 heterocycles. The van der Waals surface area contributed by atoms with Gasteiger partial charge >= 0.3 is 0 Å². The van der Waals surface area contributed by atoms with E-state index < -0.39 is 17.5 Å².